The van der Waals surface area contributed by atoms with Gasteiger partial charge in [0.05, 0.1) is 24.9 Å². The number of aliphatic hydroxyl groups excluding tert-OH is 1. The molecular formula is C27H36ClFN7O7P. The van der Waals surface area contributed by atoms with E-state index >= 15 is 4.39 Å². The molecule has 14 nitrogen and oxygen atoms in total. The van der Waals surface area contributed by atoms with Crippen molar-refractivity contribution in [1.29, 1.82) is 0 Å². The molecule has 6 atom stereocenters. The van der Waals surface area contributed by atoms with Gasteiger partial charge in [-0.15, -0.1) is 11.6 Å². The Morgan fingerprint density at radius 2 is 2.02 bits per heavy atom. The number of esters is 1. The highest BCUT2D eigenvalue weighted by Gasteiger charge is 2.57. The summed E-state index contributed by atoms with van der Waals surface area (Å²) in [4.78, 5) is 25.3. The lowest BCUT2D eigenvalue weighted by atomic mass is 9.93. The predicted octanol–water partition coefficient (Wildman–Crippen LogP) is 3.71. The van der Waals surface area contributed by atoms with E-state index in [-0.39, 0.29) is 23.4 Å². The molecule has 2 aromatic heterocycles. The Morgan fingerprint density at radius 1 is 1.30 bits per heavy atom. The average molecular weight is 656 g/mol. The summed E-state index contributed by atoms with van der Waals surface area (Å²) in [5.41, 5.74) is 4.60. The molecule has 2 aliphatic rings. The lowest BCUT2D eigenvalue weighted by Gasteiger charge is -2.31. The molecule has 1 aliphatic carbocycles. The second kappa shape index (κ2) is 13.1. The third kappa shape index (κ3) is 6.77. The molecule has 0 bridgehead atoms. The molecule has 0 spiro atoms. The fourth-order valence-electron chi connectivity index (χ4n) is 4.79. The van der Waals surface area contributed by atoms with E-state index in [1.807, 2.05) is 0 Å². The molecule has 3 heterocycles. The van der Waals surface area contributed by atoms with Crippen LogP contribution < -0.4 is 20.7 Å². The summed E-state index contributed by atoms with van der Waals surface area (Å²) in [6.45, 7) is 4.08. The molecule has 3 aromatic rings. The van der Waals surface area contributed by atoms with Crippen LogP contribution >= 0.6 is 19.3 Å². The van der Waals surface area contributed by atoms with Gasteiger partial charge in [0.1, 0.15) is 23.5 Å². The quantitative estimate of drug-likeness (QED) is 0.119. The summed E-state index contributed by atoms with van der Waals surface area (Å²) in [5.74, 6) is -0.646. The molecule has 1 saturated carbocycles. The van der Waals surface area contributed by atoms with Crippen molar-refractivity contribution >= 4 is 48.2 Å². The number of benzene rings is 1. The van der Waals surface area contributed by atoms with Crippen LogP contribution in [0.15, 0.2) is 36.7 Å². The monoisotopic (exact) mass is 655 g/mol. The number of aromatic nitrogens is 4. The number of hydrogen-bond donors (Lipinski definition) is 4. The van der Waals surface area contributed by atoms with Crippen molar-refractivity contribution in [3.05, 3.63) is 36.7 Å². The number of alkyl halides is 2. The summed E-state index contributed by atoms with van der Waals surface area (Å²) in [6.07, 6.45) is -1.39. The number of nitrogens with zero attached hydrogens (tertiary/aromatic N) is 4. The van der Waals surface area contributed by atoms with Gasteiger partial charge < -0.3 is 30.2 Å². The Morgan fingerprint density at radius 3 is 2.66 bits per heavy atom. The molecule has 0 unspecified atom stereocenters. The van der Waals surface area contributed by atoms with Crippen LogP contribution in [0, 0.1) is 0 Å². The van der Waals surface area contributed by atoms with Gasteiger partial charge in [-0.1, -0.05) is 18.2 Å². The van der Waals surface area contributed by atoms with Crippen LogP contribution in [0.25, 0.3) is 11.2 Å². The first-order valence-electron chi connectivity index (χ1n) is 14.2. The number of hydrogen-bond acceptors (Lipinski definition) is 12. The number of nitrogens with two attached hydrogens (primary N) is 1. The highest BCUT2D eigenvalue weighted by molar-refractivity contribution is 7.52. The Labute approximate surface area is 258 Å². The van der Waals surface area contributed by atoms with Gasteiger partial charge in [-0.05, 0) is 52.2 Å². The van der Waals surface area contributed by atoms with Crippen LogP contribution in [0.4, 0.5) is 16.2 Å². The summed E-state index contributed by atoms with van der Waals surface area (Å²) in [7, 11) is -4.38. The Bertz CT molecular complexity index is 1510. The molecular weight excluding hydrogens is 620 g/mol. The minimum atomic E-state index is -4.38. The largest absolute Gasteiger partial charge is 0.462 e. The maximum Gasteiger partial charge on any atom is 0.459 e. The number of halogens is 2. The van der Waals surface area contributed by atoms with Crippen molar-refractivity contribution < 1.29 is 37.4 Å². The maximum atomic E-state index is 15.8. The van der Waals surface area contributed by atoms with Crippen molar-refractivity contribution in [2.75, 3.05) is 23.5 Å². The van der Waals surface area contributed by atoms with Crippen LogP contribution in [-0.2, 0) is 23.4 Å². The molecule has 1 aromatic carbocycles. The molecule has 44 heavy (non-hydrogen) atoms. The first kappa shape index (κ1) is 32.3. The first-order chi connectivity index (χ1) is 20.9. The van der Waals surface area contributed by atoms with Crippen LogP contribution in [0.3, 0.4) is 0 Å². The van der Waals surface area contributed by atoms with Crippen molar-refractivity contribution in [2.45, 2.75) is 82.3 Å². The van der Waals surface area contributed by atoms with Crippen molar-refractivity contribution in [3.63, 3.8) is 0 Å². The summed E-state index contributed by atoms with van der Waals surface area (Å²) in [5, 5.41) is 16.9. The highest BCUT2D eigenvalue weighted by Crippen LogP contribution is 2.49. The van der Waals surface area contributed by atoms with E-state index in [0.29, 0.717) is 11.3 Å². The fourth-order valence-corrected chi connectivity index (χ4v) is 6.64. The standard InChI is InChI=1S/C27H36ClFN7O7P/c1-15(2)41-25(38)16(3)35-44(39,43-18-10-5-4-6-11-18)40-13-27(12-28)21(37)19(29)24(42-27)36-14-31-20-22(32-17-8-7-9-17)33-26(30)34-23(20)36/h4-6,10-11,14-17,19,21,24,37H,7-9,12-13H2,1-3H3,(H,35,39)(H3,30,32,33,34)/t16-,19-,21-,24+,27+,44+/m0/s1. The number of carbonyl (C=O) groups is 1. The zero-order valence-electron chi connectivity index (χ0n) is 24.4. The maximum absolute atomic E-state index is 15.8. The highest BCUT2D eigenvalue weighted by atomic mass is 35.5. The second-order valence-electron chi connectivity index (χ2n) is 11.1. The number of nitrogens with one attached hydrogen (secondary N) is 2. The number of para-hydroxylation sites is 1. The van der Waals surface area contributed by atoms with Crippen molar-refractivity contribution in [2.24, 2.45) is 0 Å². The summed E-state index contributed by atoms with van der Waals surface area (Å²) >= 11 is 6.27. The fraction of sp³-hybridized carbons (Fsp3) is 0.556. The molecule has 17 heteroatoms. The van der Waals surface area contributed by atoms with Gasteiger partial charge in [0.25, 0.3) is 0 Å². The van der Waals surface area contributed by atoms with Crippen molar-refractivity contribution in [3.8, 4) is 5.75 Å². The van der Waals surface area contributed by atoms with E-state index < -0.39 is 62.5 Å². The molecule has 5 N–H and O–H groups in total. The lowest BCUT2D eigenvalue weighted by molar-refractivity contribution is -0.149. The third-order valence-corrected chi connectivity index (χ3v) is 9.43. The molecule has 5 rings (SSSR count). The van der Waals surface area contributed by atoms with E-state index in [1.54, 1.807) is 32.0 Å². The number of carbonyl (C=O) groups excluding carboxylic acids is 1. The predicted molar refractivity (Wildman–Crippen MR) is 160 cm³/mol. The molecule has 0 amide bonds. The van der Waals surface area contributed by atoms with Gasteiger partial charge in [0.15, 0.2) is 29.4 Å². The zero-order valence-corrected chi connectivity index (χ0v) is 26.1. The smallest absolute Gasteiger partial charge is 0.459 e. The van der Waals surface area contributed by atoms with Crippen molar-refractivity contribution in [1.82, 2.24) is 24.6 Å². The van der Waals surface area contributed by atoms with Crippen LogP contribution in [0.1, 0.15) is 46.3 Å². The van der Waals surface area contributed by atoms with E-state index in [0.717, 1.165) is 19.3 Å². The number of aliphatic hydroxyl groups is 1. The molecule has 0 radical (unpaired) electrons. The van der Waals surface area contributed by atoms with E-state index in [2.05, 4.69) is 25.4 Å². The molecule has 1 aliphatic heterocycles. The van der Waals surface area contributed by atoms with Gasteiger partial charge in [0, 0.05) is 6.04 Å². The van der Waals surface area contributed by atoms with E-state index in [4.69, 9.17) is 35.9 Å². The number of anilines is 2. The SMILES string of the molecule is CC(C)OC(=O)[C@H](C)N[P@@](=O)(OC[C@@]1(CCl)O[C@@H](n2cnc3c(NC4CCC4)nc(N)nc32)[C@@H](F)[C@@H]1O)Oc1ccccc1. The second-order valence-corrected chi connectivity index (χ2v) is 13.1. The van der Waals surface area contributed by atoms with Crippen LogP contribution in [0.2, 0.25) is 0 Å². The third-order valence-electron chi connectivity index (χ3n) is 7.36. The van der Waals surface area contributed by atoms with Gasteiger partial charge in [0.2, 0.25) is 5.95 Å². The van der Waals surface area contributed by atoms with E-state index in [1.165, 1.54) is 30.0 Å². The topological polar surface area (TPSA) is 185 Å². The zero-order chi connectivity index (χ0) is 31.6. The Kier molecular flexibility index (Phi) is 9.64. The van der Waals surface area contributed by atoms with E-state index in [9.17, 15) is 14.5 Å². The first-order valence-corrected chi connectivity index (χ1v) is 16.3. The minimum absolute atomic E-state index is 0.0582. The summed E-state index contributed by atoms with van der Waals surface area (Å²) < 4.78 is 53.7. The summed E-state index contributed by atoms with van der Waals surface area (Å²) in [6, 6.07) is 7.19. The lowest BCUT2D eigenvalue weighted by Crippen LogP contribution is -2.48. The molecule has 1 saturated heterocycles. The van der Waals surface area contributed by atoms with Gasteiger partial charge in [-0.3, -0.25) is 13.9 Å². The number of nitrogen functional groups attached to an aromatic ring is 1. The number of rotatable bonds is 13. The van der Waals surface area contributed by atoms with Gasteiger partial charge in [-0.2, -0.15) is 15.1 Å². The molecule has 2 fully saturated rings. The number of ether oxygens (including phenoxy) is 2. The Hall–Kier alpha value is -3.07. The van der Waals surface area contributed by atoms with Gasteiger partial charge >= 0.3 is 13.7 Å². The molecule has 240 valence electrons. The average Bonchev–Trinajstić information content (AvgIpc) is 3.48. The van der Waals surface area contributed by atoms with Gasteiger partial charge in [-0.25, -0.2) is 13.9 Å². The number of fused-ring (bicyclic) bond motifs is 1. The van der Waals surface area contributed by atoms with Crippen LogP contribution in [-0.4, -0.2) is 79.1 Å². The number of imidazole rings is 1. The normalized spacial score (nSPS) is 25.8. The Balaban J connectivity index is 1.39. The van der Waals surface area contributed by atoms with Crippen LogP contribution in [0.5, 0.6) is 5.75 Å². The minimum Gasteiger partial charge on any atom is -0.462 e.